The number of nitrogens with zero attached hydrogens (tertiary/aromatic N) is 5. The number of hydrogen-bond donors (Lipinski definition) is 0. The monoisotopic (exact) mass is 345 g/mol. The molecule has 1 aromatic heterocycles. The summed E-state index contributed by atoms with van der Waals surface area (Å²) in [6.45, 7) is 5.62. The van der Waals surface area contributed by atoms with Gasteiger partial charge in [0.15, 0.2) is 0 Å². The quantitative estimate of drug-likeness (QED) is 0.820. The fraction of sp³-hybridized carbons (Fsp3) is 0.846. The van der Waals surface area contributed by atoms with E-state index >= 15 is 0 Å². The van der Waals surface area contributed by atoms with E-state index in [1.807, 2.05) is 6.92 Å². The average Bonchev–Trinajstić information content (AvgIpc) is 2.77. The van der Waals surface area contributed by atoms with Gasteiger partial charge >= 0.3 is 0 Å². The number of piperazine rings is 1. The molecule has 2 aliphatic rings. The minimum absolute atomic E-state index is 0.525. The van der Waals surface area contributed by atoms with Gasteiger partial charge in [0.2, 0.25) is 5.13 Å². The average molecular weight is 345 g/mol. The SMILES string of the molecule is Cc1nsc(N2CCN(S(=O)(=O)N3CCCCCC3)CC2)n1. The normalized spacial score (nSPS) is 22.7. The van der Waals surface area contributed by atoms with Gasteiger partial charge in [-0.2, -0.15) is 21.4 Å². The second-order valence-corrected chi connectivity index (χ2v) is 8.49. The molecule has 9 heteroatoms. The van der Waals surface area contributed by atoms with Crippen LogP contribution in [0.1, 0.15) is 31.5 Å². The lowest BCUT2D eigenvalue weighted by Gasteiger charge is -2.36. The van der Waals surface area contributed by atoms with Crippen molar-refractivity contribution in [1.82, 2.24) is 18.0 Å². The molecule has 0 atom stereocenters. The molecule has 1 aromatic rings. The van der Waals surface area contributed by atoms with E-state index in [1.165, 1.54) is 11.5 Å². The van der Waals surface area contributed by atoms with Crippen molar-refractivity contribution in [3.8, 4) is 0 Å². The van der Waals surface area contributed by atoms with Crippen molar-refractivity contribution in [3.63, 3.8) is 0 Å². The number of aromatic nitrogens is 2. The van der Waals surface area contributed by atoms with Gasteiger partial charge in [-0.3, -0.25) is 0 Å². The molecule has 0 amide bonds. The van der Waals surface area contributed by atoms with Gasteiger partial charge in [0.1, 0.15) is 5.82 Å². The Hall–Kier alpha value is -0.770. The van der Waals surface area contributed by atoms with E-state index in [2.05, 4.69) is 14.3 Å². The van der Waals surface area contributed by atoms with Crippen LogP contribution in [0.4, 0.5) is 5.13 Å². The lowest BCUT2D eigenvalue weighted by atomic mass is 10.2. The Morgan fingerprint density at radius 2 is 1.50 bits per heavy atom. The molecule has 2 fully saturated rings. The molecular formula is C13H23N5O2S2. The Bertz CT molecular complexity index is 587. The molecule has 0 saturated carbocycles. The van der Waals surface area contributed by atoms with Gasteiger partial charge in [0.05, 0.1) is 0 Å². The molecule has 3 heterocycles. The molecule has 0 spiro atoms. The Labute approximate surface area is 136 Å². The Balaban J connectivity index is 1.62. The van der Waals surface area contributed by atoms with Gasteiger partial charge in [-0.15, -0.1) is 0 Å². The zero-order chi connectivity index (χ0) is 15.6. The van der Waals surface area contributed by atoms with E-state index in [1.54, 1.807) is 8.61 Å². The van der Waals surface area contributed by atoms with Crippen molar-refractivity contribution in [2.75, 3.05) is 44.2 Å². The third-order valence-corrected chi connectivity index (χ3v) is 7.15. The molecule has 22 heavy (non-hydrogen) atoms. The summed E-state index contributed by atoms with van der Waals surface area (Å²) in [6.07, 6.45) is 4.22. The van der Waals surface area contributed by atoms with Gasteiger partial charge < -0.3 is 4.90 Å². The molecule has 2 saturated heterocycles. The smallest absolute Gasteiger partial charge is 0.282 e. The zero-order valence-corrected chi connectivity index (χ0v) is 14.6. The van der Waals surface area contributed by atoms with Gasteiger partial charge in [-0.1, -0.05) is 12.8 Å². The van der Waals surface area contributed by atoms with Crippen LogP contribution in [0.3, 0.4) is 0 Å². The molecule has 0 radical (unpaired) electrons. The first-order chi connectivity index (χ1) is 10.6. The minimum Gasteiger partial charge on any atom is -0.344 e. The van der Waals surface area contributed by atoms with Crippen molar-refractivity contribution in [2.45, 2.75) is 32.6 Å². The summed E-state index contributed by atoms with van der Waals surface area (Å²) in [4.78, 5) is 6.50. The fourth-order valence-corrected chi connectivity index (χ4v) is 5.36. The second-order valence-electron chi connectivity index (χ2n) is 5.83. The van der Waals surface area contributed by atoms with Crippen LogP contribution in [0.25, 0.3) is 0 Å². The Morgan fingerprint density at radius 3 is 2.05 bits per heavy atom. The summed E-state index contributed by atoms with van der Waals surface area (Å²) < 4.78 is 33.0. The van der Waals surface area contributed by atoms with Crippen molar-refractivity contribution in [1.29, 1.82) is 0 Å². The summed E-state index contributed by atoms with van der Waals surface area (Å²) in [5.74, 6) is 0.777. The van der Waals surface area contributed by atoms with Crippen molar-refractivity contribution >= 4 is 26.9 Å². The van der Waals surface area contributed by atoms with Crippen molar-refractivity contribution < 1.29 is 8.42 Å². The molecule has 0 unspecified atom stereocenters. The molecule has 0 N–H and O–H groups in total. The maximum Gasteiger partial charge on any atom is 0.282 e. The van der Waals surface area contributed by atoms with E-state index in [-0.39, 0.29) is 0 Å². The van der Waals surface area contributed by atoms with Gasteiger partial charge in [0.25, 0.3) is 10.2 Å². The Morgan fingerprint density at radius 1 is 0.909 bits per heavy atom. The highest BCUT2D eigenvalue weighted by atomic mass is 32.2. The standard InChI is InChI=1S/C13H23N5O2S2/c1-12-14-13(21-15-12)16-8-10-18(11-9-16)22(19,20)17-6-4-2-3-5-7-17/h2-11H2,1H3. The van der Waals surface area contributed by atoms with Crippen LogP contribution >= 0.6 is 11.5 Å². The molecular weight excluding hydrogens is 322 g/mol. The first-order valence-corrected chi connectivity index (χ1v) is 10.0. The predicted molar refractivity (Wildman–Crippen MR) is 87.4 cm³/mol. The summed E-state index contributed by atoms with van der Waals surface area (Å²) >= 11 is 1.38. The summed E-state index contributed by atoms with van der Waals surface area (Å²) in [6, 6.07) is 0. The van der Waals surface area contributed by atoms with Crippen molar-refractivity contribution in [2.24, 2.45) is 0 Å². The van der Waals surface area contributed by atoms with Gasteiger partial charge in [0, 0.05) is 50.8 Å². The zero-order valence-electron chi connectivity index (χ0n) is 12.9. The van der Waals surface area contributed by atoms with E-state index in [0.717, 1.165) is 36.6 Å². The van der Waals surface area contributed by atoms with Crippen molar-refractivity contribution in [3.05, 3.63) is 5.82 Å². The summed E-state index contributed by atoms with van der Waals surface area (Å²) in [7, 11) is -3.30. The van der Waals surface area contributed by atoms with Crippen LogP contribution in [0.5, 0.6) is 0 Å². The van der Waals surface area contributed by atoms with Crippen LogP contribution in [-0.4, -0.2) is 65.7 Å². The molecule has 2 aliphatic heterocycles. The number of aryl methyl sites for hydroxylation is 1. The van der Waals surface area contributed by atoms with E-state index in [0.29, 0.717) is 39.3 Å². The highest BCUT2D eigenvalue weighted by Crippen LogP contribution is 2.22. The third-order valence-electron chi connectivity index (χ3n) is 4.24. The maximum atomic E-state index is 12.7. The fourth-order valence-electron chi connectivity index (χ4n) is 2.96. The van der Waals surface area contributed by atoms with E-state index < -0.39 is 10.2 Å². The lowest BCUT2D eigenvalue weighted by molar-refractivity contribution is 0.327. The first kappa shape index (κ1) is 16.1. The van der Waals surface area contributed by atoms with Crippen LogP contribution in [-0.2, 0) is 10.2 Å². The van der Waals surface area contributed by atoms with Crippen LogP contribution in [0, 0.1) is 6.92 Å². The molecule has 7 nitrogen and oxygen atoms in total. The topological polar surface area (TPSA) is 69.6 Å². The molecule has 124 valence electrons. The second kappa shape index (κ2) is 6.77. The lowest BCUT2D eigenvalue weighted by Crippen LogP contribution is -2.53. The Kier molecular flexibility index (Phi) is 4.96. The largest absolute Gasteiger partial charge is 0.344 e. The third kappa shape index (κ3) is 3.42. The summed E-state index contributed by atoms with van der Waals surface area (Å²) in [5, 5.41) is 0.893. The first-order valence-electron chi connectivity index (χ1n) is 7.88. The molecule has 3 rings (SSSR count). The predicted octanol–water partition coefficient (Wildman–Crippen LogP) is 1.09. The number of hydrogen-bond acceptors (Lipinski definition) is 6. The van der Waals surface area contributed by atoms with Crippen LogP contribution in [0.2, 0.25) is 0 Å². The van der Waals surface area contributed by atoms with Gasteiger partial charge in [-0.05, 0) is 19.8 Å². The summed E-state index contributed by atoms with van der Waals surface area (Å²) in [5.41, 5.74) is 0. The van der Waals surface area contributed by atoms with E-state index in [4.69, 9.17) is 0 Å². The molecule has 0 bridgehead atoms. The van der Waals surface area contributed by atoms with Crippen LogP contribution < -0.4 is 4.90 Å². The molecule has 0 aromatic carbocycles. The maximum absolute atomic E-state index is 12.7. The highest BCUT2D eigenvalue weighted by Gasteiger charge is 2.33. The number of anilines is 1. The number of rotatable bonds is 3. The van der Waals surface area contributed by atoms with Crippen LogP contribution in [0.15, 0.2) is 0 Å². The highest BCUT2D eigenvalue weighted by molar-refractivity contribution is 7.86. The molecule has 0 aliphatic carbocycles. The minimum atomic E-state index is -3.30. The van der Waals surface area contributed by atoms with E-state index in [9.17, 15) is 8.42 Å². The van der Waals surface area contributed by atoms with Gasteiger partial charge in [-0.25, -0.2) is 4.98 Å².